The summed E-state index contributed by atoms with van der Waals surface area (Å²) >= 11 is 0. The Hall–Kier alpha value is -2.15. The molecular formula is C17H22N2O5. The first-order valence-electron chi connectivity index (χ1n) is 8.37. The first kappa shape index (κ1) is 16.7. The summed E-state index contributed by atoms with van der Waals surface area (Å²) in [7, 11) is 0. The van der Waals surface area contributed by atoms with Crippen molar-refractivity contribution >= 4 is 11.9 Å². The molecule has 0 bridgehead atoms. The molecule has 1 aliphatic carbocycles. The average molecular weight is 334 g/mol. The van der Waals surface area contributed by atoms with Crippen LogP contribution in [0.25, 0.3) is 0 Å². The predicted molar refractivity (Wildman–Crippen MR) is 84.9 cm³/mol. The van der Waals surface area contributed by atoms with Crippen molar-refractivity contribution in [3.05, 3.63) is 23.9 Å². The van der Waals surface area contributed by atoms with Crippen molar-refractivity contribution < 1.29 is 24.2 Å². The second kappa shape index (κ2) is 7.61. The minimum absolute atomic E-state index is 0.168. The molecule has 2 atom stereocenters. The molecule has 1 saturated heterocycles. The Labute approximate surface area is 140 Å². The number of aliphatic carboxylic acids is 1. The topological polar surface area (TPSA) is 97.8 Å². The SMILES string of the molecule is O=C(N[C@H](C(=O)O)[C@H]1CCCOC1)c1ccnc(OC2CCC2)c1. The Morgan fingerprint density at radius 2 is 2.17 bits per heavy atom. The number of nitrogens with zero attached hydrogens (tertiary/aromatic N) is 1. The van der Waals surface area contributed by atoms with Crippen molar-refractivity contribution in [3.8, 4) is 5.88 Å². The van der Waals surface area contributed by atoms with Crippen molar-refractivity contribution in [1.29, 1.82) is 0 Å². The Bertz CT molecular complexity index is 596. The van der Waals surface area contributed by atoms with Crippen molar-refractivity contribution in [1.82, 2.24) is 10.3 Å². The summed E-state index contributed by atoms with van der Waals surface area (Å²) in [6.07, 6.45) is 6.35. The second-order valence-corrected chi connectivity index (χ2v) is 6.32. The molecule has 0 radical (unpaired) electrons. The van der Waals surface area contributed by atoms with Crippen LogP contribution in [0, 0.1) is 5.92 Å². The van der Waals surface area contributed by atoms with Gasteiger partial charge in [-0.15, -0.1) is 0 Å². The summed E-state index contributed by atoms with van der Waals surface area (Å²) in [5.41, 5.74) is 0.349. The molecule has 3 rings (SSSR count). The Morgan fingerprint density at radius 1 is 1.33 bits per heavy atom. The van der Waals surface area contributed by atoms with Gasteiger partial charge >= 0.3 is 5.97 Å². The van der Waals surface area contributed by atoms with E-state index in [1.54, 1.807) is 12.1 Å². The third-order valence-corrected chi connectivity index (χ3v) is 4.56. The van der Waals surface area contributed by atoms with Crippen molar-refractivity contribution in [3.63, 3.8) is 0 Å². The van der Waals surface area contributed by atoms with E-state index in [0.29, 0.717) is 24.7 Å². The maximum atomic E-state index is 12.4. The summed E-state index contributed by atoms with van der Waals surface area (Å²) < 4.78 is 11.0. The van der Waals surface area contributed by atoms with E-state index in [0.717, 1.165) is 32.1 Å². The Morgan fingerprint density at radius 3 is 2.79 bits per heavy atom. The van der Waals surface area contributed by atoms with Crippen molar-refractivity contribution in [2.24, 2.45) is 5.92 Å². The lowest BCUT2D eigenvalue weighted by atomic mass is 9.93. The molecule has 0 aromatic carbocycles. The number of carbonyl (C=O) groups is 2. The number of carboxylic acid groups (broad SMARTS) is 1. The molecular weight excluding hydrogens is 312 g/mol. The summed E-state index contributed by atoms with van der Waals surface area (Å²) in [5, 5.41) is 12.0. The van der Waals surface area contributed by atoms with Crippen LogP contribution in [0.4, 0.5) is 0 Å². The highest BCUT2D eigenvalue weighted by molar-refractivity contribution is 5.96. The predicted octanol–water partition coefficient (Wildman–Crippen LogP) is 1.62. The summed E-state index contributed by atoms with van der Waals surface area (Å²) in [6.45, 7) is 0.993. The second-order valence-electron chi connectivity index (χ2n) is 6.32. The zero-order valence-corrected chi connectivity index (χ0v) is 13.4. The normalized spacial score (nSPS) is 22.2. The molecule has 7 heteroatoms. The quantitative estimate of drug-likeness (QED) is 0.820. The summed E-state index contributed by atoms with van der Waals surface area (Å²) in [6, 6.07) is 2.16. The van der Waals surface area contributed by atoms with Crippen LogP contribution in [0.1, 0.15) is 42.5 Å². The Balaban J connectivity index is 1.65. The molecule has 0 unspecified atom stereocenters. The highest BCUT2D eigenvalue weighted by Gasteiger charge is 2.31. The average Bonchev–Trinajstić information content (AvgIpc) is 2.56. The van der Waals surface area contributed by atoms with Crippen LogP contribution in [0.3, 0.4) is 0 Å². The lowest BCUT2D eigenvalue weighted by molar-refractivity contribution is -0.142. The van der Waals surface area contributed by atoms with Crippen molar-refractivity contribution in [2.45, 2.75) is 44.2 Å². The fourth-order valence-corrected chi connectivity index (χ4v) is 2.91. The molecule has 0 spiro atoms. The van der Waals surface area contributed by atoms with Crippen LogP contribution in [-0.2, 0) is 9.53 Å². The number of carboxylic acids is 1. The van der Waals surface area contributed by atoms with Gasteiger partial charge in [0.15, 0.2) is 0 Å². The number of carbonyl (C=O) groups excluding carboxylic acids is 1. The van der Waals surface area contributed by atoms with Gasteiger partial charge in [0.25, 0.3) is 5.91 Å². The number of aromatic nitrogens is 1. The van der Waals surface area contributed by atoms with E-state index in [1.165, 1.54) is 6.20 Å². The molecule has 2 heterocycles. The molecule has 1 aliphatic heterocycles. The maximum Gasteiger partial charge on any atom is 0.326 e. The van der Waals surface area contributed by atoms with Crippen LogP contribution in [0.5, 0.6) is 5.88 Å². The lowest BCUT2D eigenvalue weighted by Crippen LogP contribution is -2.48. The van der Waals surface area contributed by atoms with Gasteiger partial charge in [-0.1, -0.05) is 0 Å². The van der Waals surface area contributed by atoms with Gasteiger partial charge in [0.1, 0.15) is 12.1 Å². The molecule has 2 N–H and O–H groups in total. The van der Waals surface area contributed by atoms with Crippen LogP contribution >= 0.6 is 0 Å². The van der Waals surface area contributed by atoms with E-state index >= 15 is 0 Å². The first-order valence-corrected chi connectivity index (χ1v) is 8.37. The summed E-state index contributed by atoms with van der Waals surface area (Å²) in [5.74, 6) is -1.29. The van der Waals surface area contributed by atoms with Crippen LogP contribution < -0.4 is 10.1 Å². The highest BCUT2D eigenvalue weighted by atomic mass is 16.5. The van der Waals surface area contributed by atoms with Crippen LogP contribution in [-0.4, -0.2) is 47.3 Å². The number of pyridine rings is 1. The fourth-order valence-electron chi connectivity index (χ4n) is 2.91. The smallest absolute Gasteiger partial charge is 0.326 e. The molecule has 7 nitrogen and oxygen atoms in total. The van der Waals surface area contributed by atoms with E-state index in [1.807, 2.05) is 0 Å². The van der Waals surface area contributed by atoms with Gasteiger partial charge in [0.2, 0.25) is 5.88 Å². The highest BCUT2D eigenvalue weighted by Crippen LogP contribution is 2.24. The number of rotatable bonds is 6. The zero-order chi connectivity index (χ0) is 16.9. The number of nitrogens with one attached hydrogen (secondary N) is 1. The monoisotopic (exact) mass is 334 g/mol. The molecule has 1 aromatic heterocycles. The van der Waals surface area contributed by atoms with E-state index in [-0.39, 0.29) is 12.0 Å². The molecule has 1 saturated carbocycles. The van der Waals surface area contributed by atoms with Gasteiger partial charge in [0, 0.05) is 30.4 Å². The van der Waals surface area contributed by atoms with E-state index < -0.39 is 17.9 Å². The molecule has 24 heavy (non-hydrogen) atoms. The molecule has 2 aliphatic rings. The minimum Gasteiger partial charge on any atom is -0.480 e. The molecule has 1 aromatic rings. The zero-order valence-electron chi connectivity index (χ0n) is 13.4. The van der Waals surface area contributed by atoms with E-state index in [9.17, 15) is 14.7 Å². The van der Waals surface area contributed by atoms with Crippen LogP contribution in [0.2, 0.25) is 0 Å². The van der Waals surface area contributed by atoms with Crippen LogP contribution in [0.15, 0.2) is 18.3 Å². The van der Waals surface area contributed by atoms with Crippen molar-refractivity contribution in [2.75, 3.05) is 13.2 Å². The minimum atomic E-state index is -1.04. The Kier molecular flexibility index (Phi) is 5.30. The maximum absolute atomic E-state index is 12.4. The van der Waals surface area contributed by atoms with Gasteiger partial charge in [0.05, 0.1) is 6.61 Å². The number of ether oxygens (including phenoxy) is 2. The van der Waals surface area contributed by atoms with Gasteiger partial charge in [-0.25, -0.2) is 9.78 Å². The van der Waals surface area contributed by atoms with E-state index in [4.69, 9.17) is 9.47 Å². The fraction of sp³-hybridized carbons (Fsp3) is 0.588. The van der Waals surface area contributed by atoms with Gasteiger partial charge in [-0.3, -0.25) is 4.79 Å². The molecule has 1 amide bonds. The largest absolute Gasteiger partial charge is 0.480 e. The molecule has 2 fully saturated rings. The van der Waals surface area contributed by atoms with E-state index in [2.05, 4.69) is 10.3 Å². The number of amides is 1. The summed E-state index contributed by atoms with van der Waals surface area (Å²) in [4.78, 5) is 28.1. The first-order chi connectivity index (χ1) is 11.6. The standard InChI is InChI=1S/C17H22N2O5/c20-16(19-15(17(21)22)12-3-2-8-23-10-12)11-6-7-18-14(9-11)24-13-4-1-5-13/h6-7,9,12-13,15H,1-5,8,10H2,(H,19,20)(H,21,22)/t12-,15-/m0/s1. The number of hydrogen-bond acceptors (Lipinski definition) is 5. The molecule has 130 valence electrons. The van der Waals surface area contributed by atoms with Gasteiger partial charge < -0.3 is 19.9 Å². The third kappa shape index (κ3) is 4.03. The number of hydrogen-bond donors (Lipinski definition) is 2. The van der Waals surface area contributed by atoms with Gasteiger partial charge in [-0.2, -0.15) is 0 Å². The lowest BCUT2D eigenvalue weighted by Gasteiger charge is -2.28. The van der Waals surface area contributed by atoms with Gasteiger partial charge in [-0.05, 0) is 38.2 Å². The third-order valence-electron chi connectivity index (χ3n) is 4.56.